The van der Waals surface area contributed by atoms with Gasteiger partial charge in [0.1, 0.15) is 18.2 Å². The molecule has 0 spiro atoms. The van der Waals surface area contributed by atoms with E-state index in [2.05, 4.69) is 34.6 Å². The molecular formula is C22H26ClN3O2. The van der Waals surface area contributed by atoms with E-state index in [1.165, 1.54) is 5.56 Å². The first-order valence-electron chi connectivity index (χ1n) is 9.83. The number of aryl methyl sites for hydroxylation is 2. The Morgan fingerprint density at radius 2 is 1.86 bits per heavy atom. The van der Waals surface area contributed by atoms with Crippen molar-refractivity contribution in [2.24, 2.45) is 0 Å². The van der Waals surface area contributed by atoms with Crippen LogP contribution in [0, 0.1) is 6.92 Å². The number of fused-ring (bicyclic) bond motifs is 1. The van der Waals surface area contributed by atoms with Crippen molar-refractivity contribution < 1.29 is 9.47 Å². The maximum atomic E-state index is 6.17. The summed E-state index contributed by atoms with van der Waals surface area (Å²) < 4.78 is 13.7. The Labute approximate surface area is 170 Å². The Morgan fingerprint density at radius 1 is 1.07 bits per heavy atom. The first-order chi connectivity index (χ1) is 13.7. The molecule has 0 unspecified atom stereocenters. The van der Waals surface area contributed by atoms with Gasteiger partial charge in [-0.3, -0.25) is 4.90 Å². The van der Waals surface area contributed by atoms with Crippen molar-refractivity contribution in [3.8, 4) is 5.75 Å². The summed E-state index contributed by atoms with van der Waals surface area (Å²) in [6.07, 6.45) is 1.06. The monoisotopic (exact) mass is 399 g/mol. The second kappa shape index (κ2) is 8.95. The highest BCUT2D eigenvalue weighted by Gasteiger charge is 2.14. The Bertz CT molecular complexity index is 917. The van der Waals surface area contributed by atoms with Crippen molar-refractivity contribution in [1.29, 1.82) is 0 Å². The molecule has 0 amide bonds. The Hall–Kier alpha value is -2.08. The summed E-state index contributed by atoms with van der Waals surface area (Å²) in [7, 11) is 0. The number of benzene rings is 2. The van der Waals surface area contributed by atoms with Crippen molar-refractivity contribution in [3.05, 3.63) is 58.9 Å². The minimum atomic E-state index is 0.437. The molecule has 0 atom stereocenters. The average Bonchev–Trinajstić information content (AvgIpc) is 3.05. The number of nitrogens with zero attached hydrogens (tertiary/aromatic N) is 3. The molecule has 28 heavy (non-hydrogen) atoms. The molecule has 148 valence electrons. The molecule has 6 heteroatoms. The molecule has 1 saturated heterocycles. The van der Waals surface area contributed by atoms with Gasteiger partial charge >= 0.3 is 0 Å². The van der Waals surface area contributed by atoms with Crippen LogP contribution < -0.4 is 4.74 Å². The lowest BCUT2D eigenvalue weighted by Gasteiger charge is -2.26. The molecule has 4 rings (SSSR count). The molecule has 0 radical (unpaired) electrons. The van der Waals surface area contributed by atoms with Gasteiger partial charge in [-0.2, -0.15) is 0 Å². The molecule has 0 aliphatic carbocycles. The highest BCUT2D eigenvalue weighted by atomic mass is 35.5. The lowest BCUT2D eigenvalue weighted by Crippen LogP contribution is -2.37. The van der Waals surface area contributed by atoms with Crippen LogP contribution in [0.15, 0.2) is 42.5 Å². The van der Waals surface area contributed by atoms with Crippen molar-refractivity contribution in [2.45, 2.75) is 26.5 Å². The molecule has 3 aromatic rings. The van der Waals surface area contributed by atoms with E-state index in [1.54, 1.807) is 0 Å². The molecule has 0 N–H and O–H groups in total. The summed E-state index contributed by atoms with van der Waals surface area (Å²) in [4.78, 5) is 7.25. The number of halogens is 1. The molecule has 5 nitrogen and oxygen atoms in total. The standard InChI is InChI=1S/C22H26ClN3O2/c1-17-3-6-19(7-4-17)28-16-22-24-20-15-18(23)5-8-21(20)26(22)10-2-9-25-11-13-27-14-12-25/h3-8,15H,2,9-14,16H2,1H3. The summed E-state index contributed by atoms with van der Waals surface area (Å²) in [5.74, 6) is 1.79. The minimum absolute atomic E-state index is 0.437. The van der Waals surface area contributed by atoms with E-state index in [1.807, 2.05) is 24.3 Å². The zero-order valence-electron chi connectivity index (χ0n) is 16.2. The fourth-order valence-electron chi connectivity index (χ4n) is 3.57. The van der Waals surface area contributed by atoms with Gasteiger partial charge in [-0.05, 0) is 43.7 Å². The van der Waals surface area contributed by atoms with E-state index in [0.29, 0.717) is 11.6 Å². The highest BCUT2D eigenvalue weighted by Crippen LogP contribution is 2.22. The van der Waals surface area contributed by atoms with Gasteiger partial charge in [-0.15, -0.1) is 0 Å². The summed E-state index contributed by atoms with van der Waals surface area (Å²) in [6.45, 7) is 8.18. The van der Waals surface area contributed by atoms with Gasteiger partial charge in [-0.1, -0.05) is 29.3 Å². The number of hydrogen-bond donors (Lipinski definition) is 0. The molecule has 0 bridgehead atoms. The molecule has 1 aromatic heterocycles. The first kappa shape index (κ1) is 19.2. The molecule has 1 aliphatic heterocycles. The van der Waals surface area contributed by atoms with E-state index in [0.717, 1.165) is 68.4 Å². The van der Waals surface area contributed by atoms with Crippen molar-refractivity contribution >= 4 is 22.6 Å². The summed E-state index contributed by atoms with van der Waals surface area (Å²) in [5, 5.41) is 0.705. The van der Waals surface area contributed by atoms with Gasteiger partial charge in [0, 0.05) is 31.2 Å². The predicted molar refractivity (Wildman–Crippen MR) is 112 cm³/mol. The van der Waals surface area contributed by atoms with Crippen LogP contribution in [0.3, 0.4) is 0 Å². The van der Waals surface area contributed by atoms with Crippen LogP contribution >= 0.6 is 11.6 Å². The van der Waals surface area contributed by atoms with Crippen LogP contribution in [-0.4, -0.2) is 47.3 Å². The van der Waals surface area contributed by atoms with Gasteiger partial charge in [0.15, 0.2) is 0 Å². The highest BCUT2D eigenvalue weighted by molar-refractivity contribution is 6.31. The largest absolute Gasteiger partial charge is 0.486 e. The van der Waals surface area contributed by atoms with Gasteiger partial charge in [-0.25, -0.2) is 4.98 Å². The lowest BCUT2D eigenvalue weighted by atomic mass is 10.2. The van der Waals surface area contributed by atoms with E-state index >= 15 is 0 Å². The third kappa shape index (κ3) is 4.66. The molecule has 0 saturated carbocycles. The maximum absolute atomic E-state index is 6.17. The van der Waals surface area contributed by atoms with E-state index in [9.17, 15) is 0 Å². The third-order valence-electron chi connectivity index (χ3n) is 5.14. The summed E-state index contributed by atoms with van der Waals surface area (Å²) in [6, 6.07) is 14.0. The topological polar surface area (TPSA) is 39.5 Å². The number of hydrogen-bond acceptors (Lipinski definition) is 4. The van der Waals surface area contributed by atoms with Crippen LogP contribution in [0.5, 0.6) is 5.75 Å². The van der Waals surface area contributed by atoms with Crippen LogP contribution in [0.1, 0.15) is 17.8 Å². The van der Waals surface area contributed by atoms with Crippen LogP contribution in [0.4, 0.5) is 0 Å². The summed E-state index contributed by atoms with van der Waals surface area (Å²) >= 11 is 6.17. The normalized spacial score (nSPS) is 15.2. The van der Waals surface area contributed by atoms with E-state index < -0.39 is 0 Å². The second-order valence-corrected chi connectivity index (χ2v) is 7.66. The number of aromatic nitrogens is 2. The fraction of sp³-hybridized carbons (Fsp3) is 0.409. The van der Waals surface area contributed by atoms with Crippen molar-refractivity contribution in [2.75, 3.05) is 32.8 Å². The molecule has 1 aliphatic rings. The van der Waals surface area contributed by atoms with Crippen LogP contribution in [-0.2, 0) is 17.9 Å². The van der Waals surface area contributed by atoms with Gasteiger partial charge in [0.2, 0.25) is 0 Å². The smallest absolute Gasteiger partial charge is 0.147 e. The second-order valence-electron chi connectivity index (χ2n) is 7.22. The molecule has 2 heterocycles. The first-order valence-corrected chi connectivity index (χ1v) is 10.2. The molecule has 2 aromatic carbocycles. The Morgan fingerprint density at radius 3 is 2.64 bits per heavy atom. The average molecular weight is 400 g/mol. The maximum Gasteiger partial charge on any atom is 0.147 e. The number of morpholine rings is 1. The zero-order valence-corrected chi connectivity index (χ0v) is 17.0. The molecular weight excluding hydrogens is 374 g/mol. The van der Waals surface area contributed by atoms with E-state index in [-0.39, 0.29) is 0 Å². The lowest BCUT2D eigenvalue weighted by molar-refractivity contribution is 0.0369. The number of ether oxygens (including phenoxy) is 2. The van der Waals surface area contributed by atoms with Gasteiger partial charge in [0.05, 0.1) is 24.2 Å². The van der Waals surface area contributed by atoms with Crippen molar-refractivity contribution in [3.63, 3.8) is 0 Å². The fourth-order valence-corrected chi connectivity index (χ4v) is 3.74. The Kier molecular flexibility index (Phi) is 6.15. The zero-order chi connectivity index (χ0) is 19.3. The van der Waals surface area contributed by atoms with E-state index in [4.69, 9.17) is 26.1 Å². The predicted octanol–water partition coefficient (Wildman–Crippen LogP) is 4.30. The van der Waals surface area contributed by atoms with Crippen molar-refractivity contribution in [1.82, 2.24) is 14.5 Å². The summed E-state index contributed by atoms with van der Waals surface area (Å²) in [5.41, 5.74) is 3.24. The quantitative estimate of drug-likeness (QED) is 0.593. The number of rotatable bonds is 7. The van der Waals surface area contributed by atoms with Gasteiger partial charge < -0.3 is 14.0 Å². The minimum Gasteiger partial charge on any atom is -0.486 e. The number of imidazole rings is 1. The van der Waals surface area contributed by atoms with Gasteiger partial charge in [0.25, 0.3) is 0 Å². The Balaban J connectivity index is 1.48. The SMILES string of the molecule is Cc1ccc(OCc2nc3cc(Cl)ccc3n2CCCN2CCOCC2)cc1. The third-order valence-corrected chi connectivity index (χ3v) is 5.37. The van der Waals surface area contributed by atoms with Crippen LogP contribution in [0.25, 0.3) is 11.0 Å². The van der Waals surface area contributed by atoms with Crippen LogP contribution in [0.2, 0.25) is 5.02 Å². The molecule has 1 fully saturated rings.